The molecule has 0 saturated heterocycles. The summed E-state index contributed by atoms with van der Waals surface area (Å²) in [6.07, 6.45) is 2.08. The van der Waals surface area contributed by atoms with Crippen molar-refractivity contribution in [3.8, 4) is 0 Å². The van der Waals surface area contributed by atoms with E-state index in [0.29, 0.717) is 18.8 Å². The minimum atomic E-state index is -0.429. The first-order valence-electron chi connectivity index (χ1n) is 6.66. The lowest BCUT2D eigenvalue weighted by Crippen LogP contribution is -2.09. The first kappa shape index (κ1) is 14.6. The molecule has 0 unspecified atom stereocenters. The van der Waals surface area contributed by atoms with Gasteiger partial charge in [0.25, 0.3) is 0 Å². The van der Waals surface area contributed by atoms with E-state index in [1.165, 1.54) is 0 Å². The highest BCUT2D eigenvalue weighted by atomic mass is 32.1. The van der Waals surface area contributed by atoms with E-state index in [9.17, 15) is 4.79 Å². The second-order valence-corrected chi connectivity index (χ2v) is 5.33. The average Bonchev–Trinajstić information content (AvgIpc) is 2.99. The summed E-state index contributed by atoms with van der Waals surface area (Å²) in [7, 11) is 0. The van der Waals surface area contributed by atoms with Gasteiger partial charge in [-0.05, 0) is 26.7 Å². The summed E-state index contributed by atoms with van der Waals surface area (Å²) >= 11 is 1.66. The summed E-state index contributed by atoms with van der Waals surface area (Å²) in [6.45, 7) is 6.57. The Morgan fingerprint density at radius 3 is 2.95 bits per heavy atom. The Bertz CT molecular complexity index is 591. The van der Waals surface area contributed by atoms with Crippen LogP contribution in [0.25, 0.3) is 0 Å². The van der Waals surface area contributed by atoms with Crippen LogP contribution in [0, 0.1) is 6.92 Å². The smallest absolute Gasteiger partial charge is 0.360 e. The van der Waals surface area contributed by atoms with E-state index >= 15 is 0 Å². The Kier molecular flexibility index (Phi) is 4.84. The number of aromatic nitrogens is 4. The topological polar surface area (TPSA) is 69.9 Å². The predicted octanol–water partition coefficient (Wildman–Crippen LogP) is 2.22. The van der Waals surface area contributed by atoms with E-state index in [1.807, 2.05) is 12.3 Å². The second-order valence-electron chi connectivity index (χ2n) is 4.38. The normalized spacial score (nSPS) is 10.8. The van der Waals surface area contributed by atoms with Crippen LogP contribution in [0.15, 0.2) is 5.38 Å². The first-order valence-corrected chi connectivity index (χ1v) is 7.54. The molecule has 2 aromatic rings. The number of nitrogens with zero attached hydrogens (tertiary/aromatic N) is 4. The van der Waals surface area contributed by atoms with Crippen LogP contribution in [0.5, 0.6) is 0 Å². The molecule has 2 rings (SSSR count). The van der Waals surface area contributed by atoms with Gasteiger partial charge in [-0.1, -0.05) is 12.1 Å². The van der Waals surface area contributed by atoms with Gasteiger partial charge < -0.3 is 4.74 Å². The van der Waals surface area contributed by atoms with Gasteiger partial charge in [0, 0.05) is 5.38 Å². The van der Waals surface area contributed by atoms with Crippen molar-refractivity contribution in [2.75, 3.05) is 6.61 Å². The van der Waals surface area contributed by atoms with Gasteiger partial charge >= 0.3 is 5.97 Å². The number of esters is 1. The molecule has 0 N–H and O–H groups in total. The van der Waals surface area contributed by atoms with Gasteiger partial charge in [0.15, 0.2) is 5.69 Å². The fourth-order valence-electron chi connectivity index (χ4n) is 1.80. The Morgan fingerprint density at radius 1 is 1.45 bits per heavy atom. The van der Waals surface area contributed by atoms with Crippen LogP contribution >= 0.6 is 11.3 Å². The number of hydrogen-bond acceptors (Lipinski definition) is 6. The quantitative estimate of drug-likeness (QED) is 0.764. The van der Waals surface area contributed by atoms with Crippen molar-refractivity contribution < 1.29 is 9.53 Å². The van der Waals surface area contributed by atoms with Crippen LogP contribution in [0.4, 0.5) is 0 Å². The maximum Gasteiger partial charge on any atom is 0.360 e. The lowest BCUT2D eigenvalue weighted by atomic mass is 10.3. The fraction of sp³-hybridized carbons (Fsp3) is 0.538. The molecule has 2 heterocycles. The number of carbonyl (C=O) groups excluding carboxylic acids is 1. The third kappa shape index (κ3) is 3.22. The Morgan fingerprint density at radius 2 is 2.25 bits per heavy atom. The summed E-state index contributed by atoms with van der Waals surface area (Å²) in [5, 5.41) is 11.0. The minimum absolute atomic E-state index is 0.274. The average molecular weight is 294 g/mol. The SMILES string of the molecule is CCCc1nc(Cn2nnc(C(=O)OCC)c2C)cs1. The van der Waals surface area contributed by atoms with Gasteiger partial charge in [0.05, 0.1) is 29.5 Å². The molecule has 6 nitrogen and oxygen atoms in total. The van der Waals surface area contributed by atoms with Crippen LogP contribution < -0.4 is 0 Å². The summed E-state index contributed by atoms with van der Waals surface area (Å²) in [6, 6.07) is 0. The summed E-state index contributed by atoms with van der Waals surface area (Å²) in [5.41, 5.74) is 1.92. The van der Waals surface area contributed by atoms with E-state index < -0.39 is 5.97 Å². The highest BCUT2D eigenvalue weighted by molar-refractivity contribution is 7.09. The Hall–Kier alpha value is -1.76. The van der Waals surface area contributed by atoms with Gasteiger partial charge in [-0.3, -0.25) is 0 Å². The monoisotopic (exact) mass is 294 g/mol. The van der Waals surface area contributed by atoms with Crippen molar-refractivity contribution >= 4 is 17.3 Å². The van der Waals surface area contributed by atoms with E-state index in [-0.39, 0.29) is 5.69 Å². The van der Waals surface area contributed by atoms with E-state index in [4.69, 9.17) is 4.74 Å². The van der Waals surface area contributed by atoms with Gasteiger partial charge in [-0.2, -0.15) is 0 Å². The van der Waals surface area contributed by atoms with Gasteiger partial charge in [-0.15, -0.1) is 16.4 Å². The highest BCUT2D eigenvalue weighted by Gasteiger charge is 2.17. The molecule has 0 radical (unpaired) electrons. The first-order chi connectivity index (χ1) is 9.65. The molecule has 0 atom stereocenters. The number of hydrogen-bond donors (Lipinski definition) is 0. The van der Waals surface area contributed by atoms with Crippen molar-refractivity contribution in [3.63, 3.8) is 0 Å². The molecule has 0 amide bonds. The van der Waals surface area contributed by atoms with Gasteiger partial charge in [0.2, 0.25) is 0 Å². The lowest BCUT2D eigenvalue weighted by molar-refractivity contribution is 0.0518. The largest absolute Gasteiger partial charge is 0.461 e. The number of thiazole rings is 1. The number of ether oxygens (including phenoxy) is 1. The molecule has 0 saturated carbocycles. The molecule has 7 heteroatoms. The summed E-state index contributed by atoms with van der Waals surface area (Å²) < 4.78 is 6.62. The lowest BCUT2D eigenvalue weighted by Gasteiger charge is -2.01. The number of aryl methyl sites for hydroxylation is 1. The predicted molar refractivity (Wildman–Crippen MR) is 75.9 cm³/mol. The van der Waals surface area contributed by atoms with E-state index in [0.717, 1.165) is 23.5 Å². The van der Waals surface area contributed by atoms with Crippen molar-refractivity contribution in [1.82, 2.24) is 20.0 Å². The van der Waals surface area contributed by atoms with Gasteiger partial charge in [-0.25, -0.2) is 14.5 Å². The summed E-state index contributed by atoms with van der Waals surface area (Å²) in [5.74, 6) is -0.429. The maximum absolute atomic E-state index is 11.7. The van der Waals surface area contributed by atoms with Crippen LogP contribution in [-0.4, -0.2) is 32.6 Å². The second kappa shape index (κ2) is 6.60. The standard InChI is InChI=1S/C13H18N4O2S/c1-4-6-11-14-10(8-20-11)7-17-9(3)12(15-16-17)13(18)19-5-2/h8H,4-7H2,1-3H3. The fourth-order valence-corrected chi connectivity index (χ4v) is 2.69. The Labute approximate surface area is 121 Å². The van der Waals surface area contributed by atoms with E-state index in [2.05, 4.69) is 22.2 Å². The van der Waals surface area contributed by atoms with Crippen molar-refractivity contribution in [2.45, 2.75) is 40.2 Å². The zero-order chi connectivity index (χ0) is 14.5. The van der Waals surface area contributed by atoms with Crippen LogP contribution in [0.3, 0.4) is 0 Å². The van der Waals surface area contributed by atoms with Crippen LogP contribution in [0.2, 0.25) is 0 Å². The van der Waals surface area contributed by atoms with Crippen LogP contribution in [0.1, 0.15) is 47.2 Å². The molecule has 0 aliphatic rings. The molecule has 0 aliphatic carbocycles. The highest BCUT2D eigenvalue weighted by Crippen LogP contribution is 2.14. The number of rotatable bonds is 6. The summed E-state index contributed by atoms with van der Waals surface area (Å²) in [4.78, 5) is 16.2. The van der Waals surface area contributed by atoms with Crippen LogP contribution in [-0.2, 0) is 17.7 Å². The minimum Gasteiger partial charge on any atom is -0.461 e. The molecule has 0 aromatic carbocycles. The molecule has 20 heavy (non-hydrogen) atoms. The third-order valence-corrected chi connectivity index (χ3v) is 3.78. The van der Waals surface area contributed by atoms with Gasteiger partial charge in [0.1, 0.15) is 0 Å². The molecule has 0 spiro atoms. The van der Waals surface area contributed by atoms with Crippen molar-refractivity contribution in [2.24, 2.45) is 0 Å². The molecule has 0 fully saturated rings. The molecular weight excluding hydrogens is 276 g/mol. The zero-order valence-electron chi connectivity index (χ0n) is 11.9. The third-order valence-electron chi connectivity index (χ3n) is 2.83. The molecule has 0 bridgehead atoms. The molecule has 108 valence electrons. The molecular formula is C13H18N4O2S. The van der Waals surface area contributed by atoms with Crippen molar-refractivity contribution in [3.05, 3.63) is 27.5 Å². The Balaban J connectivity index is 2.11. The molecule has 2 aromatic heterocycles. The van der Waals surface area contributed by atoms with E-state index in [1.54, 1.807) is 22.9 Å². The number of carbonyl (C=O) groups is 1. The maximum atomic E-state index is 11.7. The molecule has 0 aliphatic heterocycles. The zero-order valence-corrected chi connectivity index (χ0v) is 12.7. The van der Waals surface area contributed by atoms with Crippen molar-refractivity contribution in [1.29, 1.82) is 0 Å².